The number of aryl methyl sites for hydroxylation is 1. The van der Waals surface area contributed by atoms with Crippen molar-refractivity contribution in [1.29, 1.82) is 0 Å². The number of rotatable bonds is 3. The van der Waals surface area contributed by atoms with Crippen molar-refractivity contribution in [2.75, 3.05) is 5.32 Å². The molecule has 6 nitrogen and oxygen atoms in total. The highest BCUT2D eigenvalue weighted by Gasteiger charge is 2.28. The molecule has 2 aliphatic rings. The number of hydrogen-bond donors (Lipinski definition) is 1. The minimum Gasteiger partial charge on any atom is -0.470 e. The molecule has 0 saturated heterocycles. The fourth-order valence-electron chi connectivity index (χ4n) is 3.97. The fraction of sp³-hybridized carbons (Fsp3) is 0.381. The van der Waals surface area contributed by atoms with E-state index in [1.54, 1.807) is 10.9 Å². The van der Waals surface area contributed by atoms with Crippen molar-refractivity contribution < 1.29 is 9.13 Å². The van der Waals surface area contributed by atoms with Crippen molar-refractivity contribution in [3.8, 4) is 5.88 Å². The van der Waals surface area contributed by atoms with Crippen LogP contribution in [0.3, 0.4) is 0 Å². The number of aromatic nitrogens is 3. The van der Waals surface area contributed by atoms with Crippen LogP contribution in [0.25, 0.3) is 10.9 Å². The molecule has 0 bridgehead atoms. The lowest BCUT2D eigenvalue weighted by Crippen LogP contribution is -2.31. The second-order valence-corrected chi connectivity index (χ2v) is 7.42. The first kappa shape index (κ1) is 17.2. The highest BCUT2D eigenvalue weighted by Crippen LogP contribution is 2.31. The van der Waals surface area contributed by atoms with Gasteiger partial charge in [0.25, 0.3) is 0 Å². The van der Waals surface area contributed by atoms with Gasteiger partial charge in [0.15, 0.2) is 5.84 Å². The number of aliphatic imine (C=N–C) groups is 1. The summed E-state index contributed by atoms with van der Waals surface area (Å²) in [7, 11) is 1.87. The molecule has 1 fully saturated rings. The molecule has 2 unspecified atom stereocenters. The van der Waals surface area contributed by atoms with Crippen LogP contribution in [0, 0.1) is 0 Å². The van der Waals surface area contributed by atoms with Gasteiger partial charge in [-0.25, -0.2) is 4.39 Å². The zero-order valence-corrected chi connectivity index (χ0v) is 15.7. The smallest absolute Gasteiger partial charge is 0.241 e. The molecule has 1 aliphatic carbocycles. The topological polar surface area (TPSA) is 64.3 Å². The Morgan fingerprint density at radius 2 is 2.11 bits per heavy atom. The summed E-state index contributed by atoms with van der Waals surface area (Å²) in [5.74, 6) is 1.28. The lowest BCUT2D eigenvalue weighted by Gasteiger charge is -2.25. The number of fused-ring (bicyclic) bond motifs is 2. The van der Waals surface area contributed by atoms with Crippen molar-refractivity contribution in [3.05, 3.63) is 47.8 Å². The normalized spacial score (nSPS) is 21.4. The highest BCUT2D eigenvalue weighted by atomic mass is 19.1. The number of benzene rings is 1. The maximum Gasteiger partial charge on any atom is 0.241 e. The number of nitrogens with zero attached hydrogens (tertiary/aromatic N) is 4. The minimum absolute atomic E-state index is 0.403. The summed E-state index contributed by atoms with van der Waals surface area (Å²) in [5.41, 5.74) is 3.84. The number of hydrogen-bond acceptors (Lipinski definition) is 5. The summed E-state index contributed by atoms with van der Waals surface area (Å²) >= 11 is 0. The predicted octanol–water partition coefficient (Wildman–Crippen LogP) is 4.00. The monoisotopic (exact) mass is 379 g/mol. The van der Waals surface area contributed by atoms with Gasteiger partial charge in [-0.15, -0.1) is 5.10 Å². The van der Waals surface area contributed by atoms with Gasteiger partial charge in [-0.05, 0) is 43.5 Å². The Kier molecular flexibility index (Phi) is 4.22. The first-order valence-corrected chi connectivity index (χ1v) is 9.72. The third kappa shape index (κ3) is 3.00. The summed E-state index contributed by atoms with van der Waals surface area (Å²) in [6, 6.07) is 9.90. The van der Waals surface area contributed by atoms with Crippen LogP contribution >= 0.6 is 0 Å². The van der Waals surface area contributed by atoms with Crippen LogP contribution in [0.1, 0.15) is 36.9 Å². The van der Waals surface area contributed by atoms with Gasteiger partial charge in [0.05, 0.1) is 17.4 Å². The molecule has 0 amide bonds. The lowest BCUT2D eigenvalue weighted by molar-refractivity contribution is 0.0608. The first-order chi connectivity index (χ1) is 13.7. The molecule has 1 aromatic carbocycles. The molecule has 7 heteroatoms. The molecule has 1 N–H and O–H groups in total. The molecule has 3 heterocycles. The van der Waals surface area contributed by atoms with Crippen molar-refractivity contribution >= 4 is 22.4 Å². The minimum atomic E-state index is -0.917. The van der Waals surface area contributed by atoms with Gasteiger partial charge in [0.1, 0.15) is 18.0 Å². The van der Waals surface area contributed by atoms with Crippen molar-refractivity contribution in [3.63, 3.8) is 0 Å². The Hall–Kier alpha value is -2.96. The summed E-state index contributed by atoms with van der Waals surface area (Å²) in [6.07, 6.45) is 3.70. The summed E-state index contributed by atoms with van der Waals surface area (Å²) in [4.78, 5) is 8.97. The SMILES string of the molecule is Cn1nc(OC2CCCCC2F)c2ccc(NC3=NCc4cccnc43)cc21. The maximum atomic E-state index is 14.2. The Morgan fingerprint density at radius 3 is 3.00 bits per heavy atom. The summed E-state index contributed by atoms with van der Waals surface area (Å²) in [6.45, 7) is 0.642. The van der Waals surface area contributed by atoms with Crippen LogP contribution < -0.4 is 10.1 Å². The van der Waals surface area contributed by atoms with Gasteiger partial charge >= 0.3 is 0 Å². The van der Waals surface area contributed by atoms with Crippen molar-refractivity contribution in [2.45, 2.75) is 44.5 Å². The molecule has 0 spiro atoms. The van der Waals surface area contributed by atoms with E-state index in [0.29, 0.717) is 18.8 Å². The van der Waals surface area contributed by atoms with E-state index in [9.17, 15) is 4.39 Å². The number of ether oxygens (including phenoxy) is 1. The third-order valence-corrected chi connectivity index (χ3v) is 5.49. The van der Waals surface area contributed by atoms with Crippen LogP contribution in [0.5, 0.6) is 5.88 Å². The van der Waals surface area contributed by atoms with Gasteiger partial charge in [-0.1, -0.05) is 12.5 Å². The predicted molar refractivity (Wildman–Crippen MR) is 107 cm³/mol. The molecule has 1 saturated carbocycles. The van der Waals surface area contributed by atoms with Crippen molar-refractivity contribution in [1.82, 2.24) is 14.8 Å². The largest absolute Gasteiger partial charge is 0.470 e. The average molecular weight is 379 g/mol. The zero-order valence-electron chi connectivity index (χ0n) is 15.7. The van der Waals surface area contributed by atoms with Gasteiger partial charge < -0.3 is 10.1 Å². The van der Waals surface area contributed by atoms with E-state index in [0.717, 1.165) is 52.9 Å². The molecule has 0 radical (unpaired) electrons. The molecule has 2 aromatic heterocycles. The van der Waals surface area contributed by atoms with Gasteiger partial charge in [-0.2, -0.15) is 0 Å². The number of alkyl halides is 1. The molecule has 144 valence electrons. The molecular weight excluding hydrogens is 357 g/mol. The fourth-order valence-corrected chi connectivity index (χ4v) is 3.97. The second-order valence-electron chi connectivity index (χ2n) is 7.42. The molecule has 3 aromatic rings. The zero-order chi connectivity index (χ0) is 19.1. The quantitative estimate of drug-likeness (QED) is 0.747. The van der Waals surface area contributed by atoms with Crippen LogP contribution in [0.2, 0.25) is 0 Å². The highest BCUT2D eigenvalue weighted by molar-refractivity contribution is 6.09. The molecule has 28 heavy (non-hydrogen) atoms. The number of halogens is 1. The molecule has 1 aliphatic heterocycles. The number of nitrogens with one attached hydrogen (secondary N) is 1. The molecule has 2 atom stereocenters. The third-order valence-electron chi connectivity index (χ3n) is 5.49. The first-order valence-electron chi connectivity index (χ1n) is 9.72. The Bertz CT molecular complexity index is 1060. The van der Waals surface area contributed by atoms with E-state index >= 15 is 0 Å². The number of pyridine rings is 1. The van der Waals surface area contributed by atoms with Gasteiger partial charge in [0.2, 0.25) is 5.88 Å². The standard InChI is InChI=1S/C21H22FN5O/c1-27-17-11-14(25-20-19-13(12-24-20)5-4-10-23-19)8-9-15(17)21(26-27)28-18-7-3-2-6-16(18)22/h4-5,8-11,16,18H,2-3,6-7,12H2,1H3,(H,24,25). The number of anilines is 1. The summed E-state index contributed by atoms with van der Waals surface area (Å²) in [5, 5.41) is 8.73. The Labute approximate surface area is 162 Å². The lowest BCUT2D eigenvalue weighted by atomic mass is 9.96. The Morgan fingerprint density at radius 1 is 1.21 bits per heavy atom. The Balaban J connectivity index is 1.40. The average Bonchev–Trinajstić information content (AvgIpc) is 3.25. The second kappa shape index (κ2) is 6.89. The summed E-state index contributed by atoms with van der Waals surface area (Å²) < 4.78 is 21.9. The van der Waals surface area contributed by atoms with Crippen LogP contribution in [0.15, 0.2) is 41.5 Å². The van der Waals surface area contributed by atoms with Gasteiger partial charge in [-0.3, -0.25) is 14.7 Å². The van der Waals surface area contributed by atoms with E-state index in [-0.39, 0.29) is 0 Å². The van der Waals surface area contributed by atoms with E-state index < -0.39 is 12.3 Å². The van der Waals surface area contributed by atoms with Crippen LogP contribution in [-0.2, 0) is 13.6 Å². The maximum absolute atomic E-state index is 14.2. The molecule has 5 rings (SSSR count). The van der Waals surface area contributed by atoms with E-state index in [4.69, 9.17) is 4.74 Å². The van der Waals surface area contributed by atoms with Crippen LogP contribution in [-0.4, -0.2) is 32.9 Å². The van der Waals surface area contributed by atoms with Gasteiger partial charge in [0, 0.05) is 24.5 Å². The van der Waals surface area contributed by atoms with E-state index in [1.807, 2.05) is 37.4 Å². The number of amidine groups is 1. The molecular formula is C21H22FN5O. The van der Waals surface area contributed by atoms with E-state index in [2.05, 4.69) is 20.4 Å². The van der Waals surface area contributed by atoms with E-state index in [1.165, 1.54) is 0 Å². The van der Waals surface area contributed by atoms with Crippen molar-refractivity contribution in [2.24, 2.45) is 12.0 Å². The van der Waals surface area contributed by atoms with Crippen LogP contribution in [0.4, 0.5) is 10.1 Å².